The molecule has 1 aromatic rings. The fourth-order valence-corrected chi connectivity index (χ4v) is 1.61. The summed E-state index contributed by atoms with van der Waals surface area (Å²) < 4.78 is 0. The van der Waals surface area contributed by atoms with Gasteiger partial charge in [0.1, 0.15) is 5.69 Å². The molecule has 1 unspecified atom stereocenters. The van der Waals surface area contributed by atoms with Gasteiger partial charge in [-0.3, -0.25) is 9.78 Å². The molecule has 94 valence electrons. The first-order valence-electron chi connectivity index (χ1n) is 5.93. The van der Waals surface area contributed by atoms with E-state index in [1.54, 1.807) is 12.3 Å². The monoisotopic (exact) mass is 234 g/mol. The first kappa shape index (κ1) is 13.7. The molecule has 0 bridgehead atoms. The molecule has 1 heterocycles. The Morgan fingerprint density at radius 3 is 2.29 bits per heavy atom. The SMILES string of the molecule is CC(=O)c1ccc(N(C)C(C)C(C)(C)C)cn1. The Hall–Kier alpha value is -1.38. The van der Waals surface area contributed by atoms with Gasteiger partial charge < -0.3 is 4.90 Å². The molecule has 0 radical (unpaired) electrons. The molecule has 0 aromatic carbocycles. The Balaban J connectivity index is 2.90. The van der Waals surface area contributed by atoms with Crippen molar-refractivity contribution < 1.29 is 4.79 Å². The van der Waals surface area contributed by atoms with E-state index in [0.717, 1.165) is 5.69 Å². The van der Waals surface area contributed by atoms with Crippen molar-refractivity contribution in [2.45, 2.75) is 40.7 Å². The number of nitrogens with zero attached hydrogens (tertiary/aromatic N) is 2. The van der Waals surface area contributed by atoms with E-state index >= 15 is 0 Å². The van der Waals surface area contributed by atoms with Crippen LogP contribution >= 0.6 is 0 Å². The molecule has 1 rings (SSSR count). The van der Waals surface area contributed by atoms with Crippen molar-refractivity contribution >= 4 is 11.5 Å². The molecule has 0 saturated carbocycles. The van der Waals surface area contributed by atoms with Crippen LogP contribution in [0.5, 0.6) is 0 Å². The van der Waals surface area contributed by atoms with Crippen molar-refractivity contribution in [3.8, 4) is 0 Å². The number of aromatic nitrogens is 1. The van der Waals surface area contributed by atoms with Crippen molar-refractivity contribution in [1.82, 2.24) is 4.98 Å². The van der Waals surface area contributed by atoms with Gasteiger partial charge in [-0.25, -0.2) is 0 Å². The lowest BCUT2D eigenvalue weighted by molar-refractivity contribution is 0.101. The first-order chi connectivity index (χ1) is 7.73. The molecule has 0 aliphatic carbocycles. The lowest BCUT2D eigenvalue weighted by atomic mass is 9.87. The quantitative estimate of drug-likeness (QED) is 0.753. The summed E-state index contributed by atoms with van der Waals surface area (Å²) in [5, 5.41) is 0. The summed E-state index contributed by atoms with van der Waals surface area (Å²) >= 11 is 0. The van der Waals surface area contributed by atoms with Gasteiger partial charge in [0.15, 0.2) is 5.78 Å². The van der Waals surface area contributed by atoms with E-state index in [0.29, 0.717) is 11.7 Å². The summed E-state index contributed by atoms with van der Waals surface area (Å²) in [6.07, 6.45) is 1.76. The molecule has 0 aliphatic heterocycles. The fourth-order valence-electron chi connectivity index (χ4n) is 1.61. The number of ketones is 1. The maximum atomic E-state index is 11.1. The van der Waals surface area contributed by atoms with Crippen LogP contribution in [0.25, 0.3) is 0 Å². The van der Waals surface area contributed by atoms with Crippen molar-refractivity contribution in [2.24, 2.45) is 5.41 Å². The molecule has 0 N–H and O–H groups in total. The zero-order chi connectivity index (χ0) is 13.2. The molecule has 0 aliphatic rings. The van der Waals surface area contributed by atoms with Crippen LogP contribution in [0, 0.1) is 5.41 Å². The Kier molecular flexibility index (Phi) is 3.91. The largest absolute Gasteiger partial charge is 0.370 e. The fraction of sp³-hybridized carbons (Fsp3) is 0.571. The van der Waals surface area contributed by atoms with E-state index in [2.05, 4.69) is 44.6 Å². The maximum absolute atomic E-state index is 11.1. The van der Waals surface area contributed by atoms with Gasteiger partial charge in [0.25, 0.3) is 0 Å². The van der Waals surface area contributed by atoms with E-state index < -0.39 is 0 Å². The van der Waals surface area contributed by atoms with Crippen LogP contribution < -0.4 is 4.90 Å². The first-order valence-corrected chi connectivity index (χ1v) is 5.93. The van der Waals surface area contributed by atoms with Crippen molar-refractivity contribution in [3.05, 3.63) is 24.0 Å². The highest BCUT2D eigenvalue weighted by Gasteiger charge is 2.24. The number of pyridine rings is 1. The molecule has 0 saturated heterocycles. The zero-order valence-corrected chi connectivity index (χ0v) is 11.6. The minimum Gasteiger partial charge on any atom is -0.370 e. The van der Waals surface area contributed by atoms with Crippen molar-refractivity contribution in [1.29, 1.82) is 0 Å². The van der Waals surface area contributed by atoms with Gasteiger partial charge in [-0.15, -0.1) is 0 Å². The van der Waals surface area contributed by atoms with E-state index in [9.17, 15) is 4.79 Å². The molecule has 1 aromatic heterocycles. The highest BCUT2D eigenvalue weighted by atomic mass is 16.1. The smallest absolute Gasteiger partial charge is 0.178 e. The number of hydrogen-bond acceptors (Lipinski definition) is 3. The second-order valence-electron chi connectivity index (χ2n) is 5.61. The summed E-state index contributed by atoms with van der Waals surface area (Å²) in [6.45, 7) is 10.4. The van der Waals surface area contributed by atoms with E-state index in [-0.39, 0.29) is 11.2 Å². The van der Waals surface area contributed by atoms with Gasteiger partial charge >= 0.3 is 0 Å². The summed E-state index contributed by atoms with van der Waals surface area (Å²) in [6, 6.07) is 4.13. The van der Waals surface area contributed by atoms with Crippen molar-refractivity contribution in [2.75, 3.05) is 11.9 Å². The molecule has 0 fully saturated rings. The van der Waals surface area contributed by atoms with Crippen LogP contribution in [0.2, 0.25) is 0 Å². The minimum absolute atomic E-state index is 0.00285. The van der Waals surface area contributed by atoms with Crippen LogP contribution in [-0.4, -0.2) is 23.9 Å². The van der Waals surface area contributed by atoms with E-state index in [4.69, 9.17) is 0 Å². The second-order valence-corrected chi connectivity index (χ2v) is 5.61. The lowest BCUT2D eigenvalue weighted by Crippen LogP contribution is -2.39. The van der Waals surface area contributed by atoms with E-state index in [1.807, 2.05) is 6.07 Å². The van der Waals surface area contributed by atoms with Gasteiger partial charge in [0, 0.05) is 20.0 Å². The van der Waals surface area contributed by atoms with Gasteiger partial charge in [-0.05, 0) is 24.5 Å². The lowest BCUT2D eigenvalue weighted by Gasteiger charge is -2.36. The van der Waals surface area contributed by atoms with Crippen LogP contribution in [0.3, 0.4) is 0 Å². The normalized spacial score (nSPS) is 13.3. The molecule has 3 nitrogen and oxygen atoms in total. The van der Waals surface area contributed by atoms with Crippen LogP contribution in [0.1, 0.15) is 45.1 Å². The van der Waals surface area contributed by atoms with Gasteiger partial charge in [-0.2, -0.15) is 0 Å². The number of anilines is 1. The Bertz CT molecular complexity index is 390. The van der Waals surface area contributed by atoms with E-state index in [1.165, 1.54) is 6.92 Å². The summed E-state index contributed by atoms with van der Waals surface area (Å²) in [5.41, 5.74) is 1.76. The highest BCUT2D eigenvalue weighted by Crippen LogP contribution is 2.26. The predicted octanol–water partition coefficient (Wildman–Crippen LogP) is 3.16. The second kappa shape index (κ2) is 4.86. The summed E-state index contributed by atoms with van der Waals surface area (Å²) in [5.74, 6) is 0.00285. The molecule has 0 spiro atoms. The Labute approximate surface area is 104 Å². The molecular weight excluding hydrogens is 212 g/mol. The average molecular weight is 234 g/mol. The van der Waals surface area contributed by atoms with Gasteiger partial charge in [0.2, 0.25) is 0 Å². The number of Topliss-reactive ketones (excluding diaryl/α,β-unsaturated/α-hetero) is 1. The number of carbonyl (C=O) groups excluding carboxylic acids is 1. The molecule has 3 heteroatoms. The number of rotatable bonds is 3. The van der Waals surface area contributed by atoms with Gasteiger partial charge in [0.05, 0.1) is 11.9 Å². The Morgan fingerprint density at radius 2 is 1.94 bits per heavy atom. The molecular formula is C14H22N2O. The third-order valence-electron chi connectivity index (χ3n) is 3.35. The Morgan fingerprint density at radius 1 is 1.35 bits per heavy atom. The zero-order valence-electron chi connectivity index (χ0n) is 11.6. The minimum atomic E-state index is 0.00285. The topological polar surface area (TPSA) is 33.2 Å². The highest BCUT2D eigenvalue weighted by molar-refractivity contribution is 5.92. The third kappa shape index (κ3) is 3.29. The number of carbonyl (C=O) groups is 1. The average Bonchev–Trinajstić information content (AvgIpc) is 2.26. The third-order valence-corrected chi connectivity index (χ3v) is 3.35. The molecule has 0 amide bonds. The van der Waals surface area contributed by atoms with Crippen LogP contribution in [-0.2, 0) is 0 Å². The van der Waals surface area contributed by atoms with Crippen molar-refractivity contribution in [3.63, 3.8) is 0 Å². The molecule has 17 heavy (non-hydrogen) atoms. The van der Waals surface area contributed by atoms with Crippen LogP contribution in [0.4, 0.5) is 5.69 Å². The maximum Gasteiger partial charge on any atom is 0.178 e. The molecule has 1 atom stereocenters. The summed E-state index contributed by atoms with van der Waals surface area (Å²) in [4.78, 5) is 17.5. The number of hydrogen-bond donors (Lipinski definition) is 0. The summed E-state index contributed by atoms with van der Waals surface area (Å²) in [7, 11) is 2.06. The predicted molar refractivity (Wildman–Crippen MR) is 71.6 cm³/mol. The van der Waals surface area contributed by atoms with Gasteiger partial charge in [-0.1, -0.05) is 20.8 Å². The standard InChI is InChI=1S/C14H22N2O/c1-10(17)13-8-7-12(9-15-13)16(6)11(2)14(3,4)5/h7-9,11H,1-6H3. The van der Waals surface area contributed by atoms with Crippen LogP contribution in [0.15, 0.2) is 18.3 Å².